The highest BCUT2D eigenvalue weighted by Crippen LogP contribution is 2.15. The zero-order valence-corrected chi connectivity index (χ0v) is 12.5. The molecule has 0 spiro atoms. The molecule has 0 aliphatic rings. The van der Waals surface area contributed by atoms with Gasteiger partial charge in [-0.2, -0.15) is 0 Å². The van der Waals surface area contributed by atoms with Crippen LogP contribution in [0.2, 0.25) is 0 Å². The van der Waals surface area contributed by atoms with Gasteiger partial charge in [-0.25, -0.2) is 13.1 Å². The maximum Gasteiger partial charge on any atom is 0.240 e. The summed E-state index contributed by atoms with van der Waals surface area (Å²) in [7, 11) is -3.55. The van der Waals surface area contributed by atoms with E-state index in [9.17, 15) is 13.2 Å². The van der Waals surface area contributed by atoms with E-state index in [1.165, 1.54) is 12.1 Å². The number of hydrogen-bond donors (Lipinski definition) is 2. The van der Waals surface area contributed by atoms with E-state index < -0.39 is 10.0 Å². The summed E-state index contributed by atoms with van der Waals surface area (Å²) in [5.74, 6) is 0.520. The second kappa shape index (κ2) is 7.86. The van der Waals surface area contributed by atoms with Gasteiger partial charge < -0.3 is 10.1 Å². The van der Waals surface area contributed by atoms with Crippen LogP contribution in [0.25, 0.3) is 0 Å². The van der Waals surface area contributed by atoms with Crippen LogP contribution in [0.15, 0.2) is 29.2 Å². The molecule has 0 atom stereocenters. The molecule has 6 nitrogen and oxygen atoms in total. The molecule has 1 amide bonds. The number of benzene rings is 1. The van der Waals surface area contributed by atoms with Gasteiger partial charge in [0.05, 0.1) is 11.5 Å². The van der Waals surface area contributed by atoms with Gasteiger partial charge in [0.1, 0.15) is 5.75 Å². The second-order valence-electron chi connectivity index (χ2n) is 4.01. The largest absolute Gasteiger partial charge is 0.494 e. The van der Waals surface area contributed by atoms with Crippen LogP contribution >= 0.6 is 0 Å². The summed E-state index contributed by atoms with van der Waals surface area (Å²) in [6.07, 6.45) is 0.381. The van der Waals surface area contributed by atoms with E-state index in [4.69, 9.17) is 4.74 Å². The van der Waals surface area contributed by atoms with E-state index in [-0.39, 0.29) is 23.9 Å². The van der Waals surface area contributed by atoms with Crippen LogP contribution in [0.1, 0.15) is 20.3 Å². The molecule has 0 unspecified atom stereocenters. The number of hydrogen-bond acceptors (Lipinski definition) is 4. The van der Waals surface area contributed by atoms with Gasteiger partial charge in [0.25, 0.3) is 0 Å². The molecule has 0 fully saturated rings. The summed E-state index contributed by atoms with van der Waals surface area (Å²) in [6.45, 7) is 4.54. The Morgan fingerprint density at radius 1 is 1.15 bits per heavy atom. The van der Waals surface area contributed by atoms with Gasteiger partial charge in [-0.1, -0.05) is 6.92 Å². The van der Waals surface area contributed by atoms with E-state index in [1.807, 2.05) is 6.92 Å². The predicted octanol–water partition coefficient (Wildman–Crippen LogP) is 0.890. The molecule has 2 N–H and O–H groups in total. The molecule has 0 aromatic heterocycles. The smallest absolute Gasteiger partial charge is 0.240 e. The molecule has 20 heavy (non-hydrogen) atoms. The highest BCUT2D eigenvalue weighted by molar-refractivity contribution is 7.89. The second-order valence-corrected chi connectivity index (χ2v) is 5.77. The maximum absolute atomic E-state index is 12.0. The lowest BCUT2D eigenvalue weighted by atomic mass is 10.3. The third kappa shape index (κ3) is 5.18. The lowest BCUT2D eigenvalue weighted by Crippen LogP contribution is -2.34. The number of carbonyl (C=O) groups excluding carboxylic acids is 1. The quantitative estimate of drug-likeness (QED) is 0.698. The lowest BCUT2D eigenvalue weighted by molar-refractivity contribution is -0.120. The molecular weight excluding hydrogens is 280 g/mol. The Bertz CT molecular complexity index is 526. The van der Waals surface area contributed by atoms with Crippen molar-refractivity contribution in [3.05, 3.63) is 24.3 Å². The highest BCUT2D eigenvalue weighted by Gasteiger charge is 2.13. The minimum atomic E-state index is -3.55. The van der Waals surface area contributed by atoms with Gasteiger partial charge in [0, 0.05) is 19.5 Å². The first-order valence-electron chi connectivity index (χ1n) is 6.48. The Labute approximate surface area is 119 Å². The Kier molecular flexibility index (Phi) is 6.47. The molecule has 112 valence electrons. The van der Waals surface area contributed by atoms with E-state index in [0.717, 1.165) is 0 Å². The Hall–Kier alpha value is -1.60. The van der Waals surface area contributed by atoms with Crippen LogP contribution in [-0.2, 0) is 14.8 Å². The van der Waals surface area contributed by atoms with Crippen LogP contribution in [0, 0.1) is 0 Å². The van der Waals surface area contributed by atoms with Crippen LogP contribution in [0.3, 0.4) is 0 Å². The molecule has 0 bridgehead atoms. The van der Waals surface area contributed by atoms with Crippen LogP contribution in [-0.4, -0.2) is 34.0 Å². The standard InChI is InChI=1S/C13H20N2O4S/c1-3-13(16)14-9-10-15-20(17,18)12-7-5-11(6-8-12)19-4-2/h5-8,15H,3-4,9-10H2,1-2H3,(H,14,16). The summed E-state index contributed by atoms with van der Waals surface area (Å²) in [6, 6.07) is 6.18. The minimum absolute atomic E-state index is 0.106. The summed E-state index contributed by atoms with van der Waals surface area (Å²) in [5.41, 5.74) is 0. The van der Waals surface area contributed by atoms with Gasteiger partial charge in [-0.05, 0) is 31.2 Å². The zero-order chi connectivity index (χ0) is 15.0. The third-order valence-electron chi connectivity index (χ3n) is 2.51. The summed E-state index contributed by atoms with van der Waals surface area (Å²) < 4.78 is 31.6. The van der Waals surface area contributed by atoms with E-state index in [1.54, 1.807) is 19.1 Å². The molecule has 0 saturated carbocycles. The summed E-state index contributed by atoms with van der Waals surface area (Å²) in [5, 5.41) is 2.60. The zero-order valence-electron chi connectivity index (χ0n) is 11.7. The molecule has 0 saturated heterocycles. The van der Waals surface area contributed by atoms with Crippen LogP contribution in [0.4, 0.5) is 0 Å². The maximum atomic E-state index is 12.0. The SMILES string of the molecule is CCOc1ccc(S(=O)(=O)NCCNC(=O)CC)cc1. The van der Waals surface area contributed by atoms with Crippen molar-refractivity contribution < 1.29 is 17.9 Å². The first-order chi connectivity index (χ1) is 9.49. The Balaban J connectivity index is 2.53. The number of ether oxygens (including phenoxy) is 1. The molecular formula is C13H20N2O4S. The lowest BCUT2D eigenvalue weighted by Gasteiger charge is -2.08. The predicted molar refractivity (Wildman–Crippen MR) is 76.1 cm³/mol. The Morgan fingerprint density at radius 2 is 1.80 bits per heavy atom. The number of rotatable bonds is 8. The fourth-order valence-corrected chi connectivity index (χ4v) is 2.51. The van der Waals surface area contributed by atoms with Crippen molar-refractivity contribution in [3.8, 4) is 5.75 Å². The topological polar surface area (TPSA) is 84.5 Å². The van der Waals surface area contributed by atoms with Crippen molar-refractivity contribution in [2.45, 2.75) is 25.2 Å². The fourth-order valence-electron chi connectivity index (χ4n) is 1.48. The minimum Gasteiger partial charge on any atom is -0.494 e. The number of amides is 1. The van der Waals surface area contributed by atoms with Crippen molar-refractivity contribution in [1.29, 1.82) is 0 Å². The number of carbonyl (C=O) groups is 1. The van der Waals surface area contributed by atoms with Gasteiger partial charge in [0.2, 0.25) is 15.9 Å². The molecule has 0 aliphatic carbocycles. The van der Waals surface area contributed by atoms with Crippen LogP contribution < -0.4 is 14.8 Å². The molecule has 1 rings (SSSR count). The van der Waals surface area contributed by atoms with Crippen LogP contribution in [0.5, 0.6) is 5.75 Å². The van der Waals surface area contributed by atoms with Crippen molar-refractivity contribution >= 4 is 15.9 Å². The van der Waals surface area contributed by atoms with Crippen molar-refractivity contribution in [2.24, 2.45) is 0 Å². The molecule has 7 heteroatoms. The van der Waals surface area contributed by atoms with Crippen molar-refractivity contribution in [3.63, 3.8) is 0 Å². The molecule has 1 aromatic rings. The first kappa shape index (κ1) is 16.5. The first-order valence-corrected chi connectivity index (χ1v) is 7.97. The van der Waals surface area contributed by atoms with Gasteiger partial charge in [-0.15, -0.1) is 0 Å². The molecule has 0 radical (unpaired) electrons. The average molecular weight is 300 g/mol. The fraction of sp³-hybridized carbons (Fsp3) is 0.462. The average Bonchev–Trinajstić information content (AvgIpc) is 2.44. The third-order valence-corrected chi connectivity index (χ3v) is 3.98. The number of sulfonamides is 1. The van der Waals surface area contributed by atoms with Gasteiger partial charge in [0.15, 0.2) is 0 Å². The molecule has 0 aliphatic heterocycles. The summed E-state index contributed by atoms with van der Waals surface area (Å²) in [4.78, 5) is 11.2. The molecule has 1 aromatic carbocycles. The highest BCUT2D eigenvalue weighted by atomic mass is 32.2. The van der Waals surface area contributed by atoms with Gasteiger partial charge in [-0.3, -0.25) is 4.79 Å². The van der Waals surface area contributed by atoms with Crippen molar-refractivity contribution in [1.82, 2.24) is 10.0 Å². The number of nitrogens with one attached hydrogen (secondary N) is 2. The monoisotopic (exact) mass is 300 g/mol. The summed E-state index contributed by atoms with van der Waals surface area (Å²) >= 11 is 0. The molecule has 0 heterocycles. The Morgan fingerprint density at radius 3 is 2.35 bits per heavy atom. The van der Waals surface area contributed by atoms with Crippen molar-refractivity contribution in [2.75, 3.05) is 19.7 Å². The van der Waals surface area contributed by atoms with E-state index >= 15 is 0 Å². The normalized spacial score (nSPS) is 11.1. The van der Waals surface area contributed by atoms with E-state index in [2.05, 4.69) is 10.0 Å². The van der Waals surface area contributed by atoms with Gasteiger partial charge >= 0.3 is 0 Å². The van der Waals surface area contributed by atoms with E-state index in [0.29, 0.717) is 18.8 Å².